The fourth-order valence-corrected chi connectivity index (χ4v) is 6.04. The van der Waals surface area contributed by atoms with Crippen LogP contribution in [0.5, 0.6) is 5.88 Å². The van der Waals surface area contributed by atoms with Crippen LogP contribution in [0, 0.1) is 0 Å². The SMILES string of the molecule is CC(C)(C)OC(=O)N1CCN(c2nc(-c3ccncc3)[nH]c(=O)c2Cl)CC1.COc1nc(-c2ccncc2)nc(N2CCN(C(=O)OC(C)(C)C)CC2)c1Cl. The van der Waals surface area contributed by atoms with Gasteiger partial charge in [-0.3, -0.25) is 14.8 Å². The number of nitrogens with one attached hydrogen (secondary N) is 1. The van der Waals surface area contributed by atoms with Crippen molar-refractivity contribution < 1.29 is 23.8 Å². The number of carbonyl (C=O) groups is 2. The Balaban J connectivity index is 0.000000211. The van der Waals surface area contributed by atoms with Gasteiger partial charge in [0.15, 0.2) is 17.5 Å². The molecule has 55 heavy (non-hydrogen) atoms. The Kier molecular flexibility index (Phi) is 13.0. The van der Waals surface area contributed by atoms with Crippen LogP contribution in [-0.2, 0) is 9.47 Å². The van der Waals surface area contributed by atoms with E-state index in [0.717, 1.165) is 11.1 Å². The maximum absolute atomic E-state index is 12.3. The predicted octanol–water partition coefficient (Wildman–Crippen LogP) is 5.80. The first-order valence-electron chi connectivity index (χ1n) is 17.7. The van der Waals surface area contributed by atoms with Crippen molar-refractivity contribution in [3.8, 4) is 28.7 Å². The van der Waals surface area contributed by atoms with Gasteiger partial charge in [0.05, 0.1) is 7.11 Å². The number of amides is 2. The van der Waals surface area contributed by atoms with E-state index in [1.807, 2.05) is 63.5 Å². The van der Waals surface area contributed by atoms with Crippen molar-refractivity contribution in [2.24, 2.45) is 0 Å². The summed E-state index contributed by atoms with van der Waals surface area (Å²) in [5.41, 5.74) is 0.108. The van der Waals surface area contributed by atoms with Crippen molar-refractivity contribution in [1.29, 1.82) is 0 Å². The molecule has 16 nitrogen and oxygen atoms in total. The summed E-state index contributed by atoms with van der Waals surface area (Å²) in [7, 11) is 1.52. The van der Waals surface area contributed by atoms with Crippen molar-refractivity contribution >= 4 is 47.0 Å². The van der Waals surface area contributed by atoms with Crippen LogP contribution in [0.25, 0.3) is 22.8 Å². The minimum atomic E-state index is -0.536. The second-order valence-electron chi connectivity index (χ2n) is 14.6. The van der Waals surface area contributed by atoms with E-state index in [0.29, 0.717) is 86.5 Å². The third-order valence-corrected chi connectivity index (χ3v) is 8.87. The van der Waals surface area contributed by atoms with Gasteiger partial charge in [-0.25, -0.2) is 19.6 Å². The Morgan fingerprint density at radius 3 is 1.53 bits per heavy atom. The highest BCUT2D eigenvalue weighted by molar-refractivity contribution is 6.34. The van der Waals surface area contributed by atoms with Gasteiger partial charge >= 0.3 is 12.2 Å². The lowest BCUT2D eigenvalue weighted by atomic mass is 10.2. The quantitative estimate of drug-likeness (QED) is 0.257. The molecule has 0 spiro atoms. The highest BCUT2D eigenvalue weighted by Crippen LogP contribution is 2.34. The molecule has 0 unspecified atom stereocenters. The molecule has 4 aromatic rings. The number of aromatic amines is 1. The van der Waals surface area contributed by atoms with Gasteiger partial charge in [-0.2, -0.15) is 4.98 Å². The molecule has 2 aliphatic heterocycles. The van der Waals surface area contributed by atoms with Gasteiger partial charge in [0.1, 0.15) is 27.1 Å². The lowest BCUT2D eigenvalue weighted by Gasteiger charge is -2.36. The van der Waals surface area contributed by atoms with Crippen molar-refractivity contribution in [3.05, 3.63) is 69.5 Å². The van der Waals surface area contributed by atoms with E-state index in [1.54, 1.807) is 46.7 Å². The van der Waals surface area contributed by atoms with Gasteiger partial charge < -0.3 is 38.8 Å². The summed E-state index contributed by atoms with van der Waals surface area (Å²) in [6.07, 6.45) is 5.96. The number of piperazine rings is 2. The molecule has 0 bridgehead atoms. The first-order chi connectivity index (χ1) is 26.0. The normalized spacial score (nSPS) is 14.9. The van der Waals surface area contributed by atoms with Crippen LogP contribution in [0.3, 0.4) is 0 Å². The highest BCUT2D eigenvalue weighted by Gasteiger charge is 2.30. The molecule has 2 aliphatic rings. The van der Waals surface area contributed by atoms with E-state index in [-0.39, 0.29) is 17.2 Å². The van der Waals surface area contributed by atoms with Crippen LogP contribution < -0.4 is 20.1 Å². The smallest absolute Gasteiger partial charge is 0.410 e. The molecular weight excluding hydrogens is 751 g/mol. The van der Waals surface area contributed by atoms with Gasteiger partial charge in [0.2, 0.25) is 5.88 Å². The zero-order valence-electron chi connectivity index (χ0n) is 32.0. The van der Waals surface area contributed by atoms with Crippen molar-refractivity contribution in [2.75, 3.05) is 69.3 Å². The maximum atomic E-state index is 12.3. The third kappa shape index (κ3) is 10.9. The number of nitrogens with zero attached hydrogens (tertiary/aromatic N) is 9. The monoisotopic (exact) mass is 796 g/mol. The summed E-state index contributed by atoms with van der Waals surface area (Å²) in [6, 6.07) is 7.17. The lowest BCUT2D eigenvalue weighted by Crippen LogP contribution is -2.50. The number of hydrogen-bond acceptors (Lipinski definition) is 13. The average Bonchev–Trinajstić information content (AvgIpc) is 3.16. The summed E-state index contributed by atoms with van der Waals surface area (Å²) in [6.45, 7) is 15.2. The lowest BCUT2D eigenvalue weighted by molar-refractivity contribution is 0.0230. The van der Waals surface area contributed by atoms with Crippen LogP contribution in [0.4, 0.5) is 21.2 Å². The van der Waals surface area contributed by atoms with E-state index >= 15 is 0 Å². The van der Waals surface area contributed by atoms with E-state index in [4.69, 9.17) is 37.4 Å². The Bertz CT molecular complexity index is 1990. The molecule has 4 aromatic heterocycles. The molecule has 2 fully saturated rings. The minimum Gasteiger partial charge on any atom is -0.480 e. The number of anilines is 2. The molecule has 0 radical (unpaired) electrons. The molecule has 0 saturated carbocycles. The van der Waals surface area contributed by atoms with Crippen LogP contribution in [0.15, 0.2) is 53.8 Å². The molecule has 2 saturated heterocycles. The van der Waals surface area contributed by atoms with Crippen molar-refractivity contribution in [2.45, 2.75) is 52.7 Å². The number of ether oxygens (including phenoxy) is 3. The van der Waals surface area contributed by atoms with E-state index in [1.165, 1.54) is 7.11 Å². The topological polar surface area (TPSA) is 172 Å². The number of hydrogen-bond donors (Lipinski definition) is 1. The van der Waals surface area contributed by atoms with Crippen LogP contribution in [0.2, 0.25) is 10.0 Å². The van der Waals surface area contributed by atoms with Gasteiger partial charge in [0.25, 0.3) is 5.56 Å². The van der Waals surface area contributed by atoms with Gasteiger partial charge in [-0.1, -0.05) is 23.2 Å². The predicted molar refractivity (Wildman–Crippen MR) is 210 cm³/mol. The Labute approximate surface area is 329 Å². The summed E-state index contributed by atoms with van der Waals surface area (Å²) in [5.74, 6) is 2.25. The first-order valence-corrected chi connectivity index (χ1v) is 18.5. The number of methoxy groups -OCH3 is 1. The highest BCUT2D eigenvalue weighted by atomic mass is 35.5. The molecule has 1 N–H and O–H groups in total. The Hall–Kier alpha value is -5.22. The Morgan fingerprint density at radius 1 is 0.655 bits per heavy atom. The molecule has 0 aliphatic carbocycles. The number of H-pyrrole nitrogens is 1. The van der Waals surface area contributed by atoms with Crippen molar-refractivity contribution in [1.82, 2.24) is 39.7 Å². The standard InChI is InChI=1S/C19H24ClN5O3.C18H22ClN5O3/c1-19(2,3)28-18(26)25-11-9-24(10-12-25)16-14(20)17(27-4)23-15(22-16)13-5-7-21-8-6-13;1-18(2,3)27-17(26)24-10-8-23(9-11-24)15-13(19)16(25)22-14(21-15)12-4-6-20-7-5-12/h5-8H,9-12H2,1-4H3;4-7H,8-11H2,1-3H3,(H,21,22,25). The zero-order chi connectivity index (χ0) is 39.9. The fourth-order valence-electron chi connectivity index (χ4n) is 5.55. The van der Waals surface area contributed by atoms with Gasteiger partial charge in [-0.05, 0) is 65.8 Å². The summed E-state index contributed by atoms with van der Waals surface area (Å²) in [5, 5.41) is 0.393. The molecule has 6 heterocycles. The fraction of sp³-hybridized carbons (Fsp3) is 0.459. The van der Waals surface area contributed by atoms with Crippen LogP contribution >= 0.6 is 23.2 Å². The largest absolute Gasteiger partial charge is 0.480 e. The zero-order valence-corrected chi connectivity index (χ0v) is 33.5. The maximum Gasteiger partial charge on any atom is 0.410 e. The van der Waals surface area contributed by atoms with Crippen LogP contribution in [0.1, 0.15) is 41.5 Å². The molecule has 0 aromatic carbocycles. The molecule has 0 atom stereocenters. The Morgan fingerprint density at radius 2 is 1.09 bits per heavy atom. The van der Waals surface area contributed by atoms with Gasteiger partial charge in [0, 0.05) is 88.3 Å². The summed E-state index contributed by atoms with van der Waals surface area (Å²) in [4.78, 5) is 68.2. The van der Waals surface area contributed by atoms with Crippen molar-refractivity contribution in [3.63, 3.8) is 0 Å². The van der Waals surface area contributed by atoms with E-state index < -0.39 is 16.8 Å². The number of pyridine rings is 2. The second-order valence-corrected chi connectivity index (χ2v) is 15.4. The van der Waals surface area contributed by atoms with Gasteiger partial charge in [-0.15, -0.1) is 0 Å². The number of rotatable bonds is 5. The minimum absolute atomic E-state index is 0.0403. The number of halogens is 2. The first kappa shape index (κ1) is 41.0. The third-order valence-electron chi connectivity index (χ3n) is 8.20. The number of aromatic nitrogens is 6. The molecule has 294 valence electrons. The van der Waals surface area contributed by atoms with E-state index in [9.17, 15) is 14.4 Å². The molecule has 2 amide bonds. The van der Waals surface area contributed by atoms with Crippen LogP contribution in [-0.4, -0.2) is 123 Å². The molecule has 18 heteroatoms. The summed E-state index contributed by atoms with van der Waals surface area (Å²) >= 11 is 12.7. The molecule has 6 rings (SSSR count). The number of carbonyl (C=O) groups excluding carboxylic acids is 2. The summed E-state index contributed by atoms with van der Waals surface area (Å²) < 4.78 is 16.2. The second kappa shape index (κ2) is 17.5. The average molecular weight is 798 g/mol. The van der Waals surface area contributed by atoms with E-state index in [2.05, 4.69) is 29.9 Å². The molecular formula is C37H46Cl2N10O6.